The van der Waals surface area contributed by atoms with E-state index in [1.54, 1.807) is 12.1 Å². The number of sulfone groups is 1. The van der Waals surface area contributed by atoms with Gasteiger partial charge < -0.3 is 15.0 Å². The summed E-state index contributed by atoms with van der Waals surface area (Å²) in [5, 5.41) is 1.47. The first kappa shape index (κ1) is 15.7. The number of anilines is 2. The van der Waals surface area contributed by atoms with Crippen LogP contribution in [0.3, 0.4) is 0 Å². The molecule has 1 atom stereocenters. The molecule has 1 fully saturated rings. The highest BCUT2D eigenvalue weighted by Crippen LogP contribution is 2.16. The minimum absolute atomic E-state index is 0.479. The molecule has 7 nitrogen and oxygen atoms in total. The molecule has 0 radical (unpaired) electrons. The van der Waals surface area contributed by atoms with Crippen LogP contribution in [0.15, 0.2) is 18.3 Å². The van der Waals surface area contributed by atoms with E-state index in [4.69, 9.17) is 4.74 Å². The fraction of sp³-hybridized carbons (Fsp3) is 0.538. The number of pyridine rings is 1. The SMILES string of the molecule is CC(C(=O)Nc1ccc(N2CCOCC2)nc1)S(C)(=O)=O. The van der Waals surface area contributed by atoms with Crippen molar-refractivity contribution in [3.63, 3.8) is 0 Å². The number of ether oxygens (including phenoxy) is 1. The molecule has 0 aliphatic carbocycles. The summed E-state index contributed by atoms with van der Waals surface area (Å²) >= 11 is 0. The van der Waals surface area contributed by atoms with Crippen molar-refractivity contribution in [1.29, 1.82) is 0 Å². The van der Waals surface area contributed by atoms with Crippen molar-refractivity contribution in [1.82, 2.24) is 4.98 Å². The summed E-state index contributed by atoms with van der Waals surface area (Å²) in [4.78, 5) is 18.2. The van der Waals surface area contributed by atoms with E-state index in [1.165, 1.54) is 13.1 Å². The lowest BCUT2D eigenvalue weighted by atomic mass is 10.3. The monoisotopic (exact) mass is 313 g/mol. The van der Waals surface area contributed by atoms with E-state index in [0.717, 1.165) is 25.2 Å². The summed E-state index contributed by atoms with van der Waals surface area (Å²) in [6, 6.07) is 3.51. The van der Waals surface area contributed by atoms with Crippen LogP contribution in [-0.4, -0.2) is 57.1 Å². The lowest BCUT2D eigenvalue weighted by Crippen LogP contribution is -2.36. The van der Waals surface area contributed by atoms with E-state index in [0.29, 0.717) is 18.9 Å². The number of carbonyl (C=O) groups is 1. The van der Waals surface area contributed by atoms with Gasteiger partial charge in [-0.1, -0.05) is 0 Å². The number of amides is 1. The van der Waals surface area contributed by atoms with Gasteiger partial charge in [0.1, 0.15) is 11.1 Å². The number of nitrogens with zero attached hydrogens (tertiary/aromatic N) is 2. The second-order valence-electron chi connectivity index (χ2n) is 4.97. The van der Waals surface area contributed by atoms with Gasteiger partial charge in [-0.2, -0.15) is 0 Å². The topological polar surface area (TPSA) is 88.6 Å². The zero-order valence-electron chi connectivity index (χ0n) is 12.1. The van der Waals surface area contributed by atoms with E-state index in [1.807, 2.05) is 0 Å². The van der Waals surface area contributed by atoms with Crippen LogP contribution >= 0.6 is 0 Å². The first-order valence-electron chi connectivity index (χ1n) is 6.66. The second-order valence-corrected chi connectivity index (χ2v) is 7.33. The Morgan fingerprint density at radius 1 is 1.38 bits per heavy atom. The van der Waals surface area contributed by atoms with Crippen LogP contribution in [0.25, 0.3) is 0 Å². The molecule has 1 saturated heterocycles. The standard InChI is InChI=1S/C13H19N3O4S/c1-10(21(2,18)19)13(17)15-11-3-4-12(14-9-11)16-5-7-20-8-6-16/h3-4,9-10H,5-8H2,1-2H3,(H,15,17). The number of aromatic nitrogens is 1. The summed E-state index contributed by atoms with van der Waals surface area (Å²) < 4.78 is 27.9. The van der Waals surface area contributed by atoms with Gasteiger partial charge in [0.25, 0.3) is 0 Å². The highest BCUT2D eigenvalue weighted by Gasteiger charge is 2.23. The summed E-state index contributed by atoms with van der Waals surface area (Å²) in [7, 11) is -3.40. The van der Waals surface area contributed by atoms with Gasteiger partial charge in [0.2, 0.25) is 5.91 Å². The third-order valence-corrected chi connectivity index (χ3v) is 4.86. The largest absolute Gasteiger partial charge is 0.378 e. The van der Waals surface area contributed by atoms with Gasteiger partial charge in [-0.25, -0.2) is 13.4 Å². The fourth-order valence-corrected chi connectivity index (χ4v) is 2.33. The van der Waals surface area contributed by atoms with Crippen LogP contribution in [0.4, 0.5) is 11.5 Å². The number of hydrogen-bond donors (Lipinski definition) is 1. The van der Waals surface area contributed by atoms with Crippen LogP contribution in [0.2, 0.25) is 0 Å². The number of rotatable bonds is 4. The lowest BCUT2D eigenvalue weighted by molar-refractivity contribution is -0.115. The number of nitrogens with one attached hydrogen (secondary N) is 1. The normalized spacial score (nSPS) is 17.3. The maximum atomic E-state index is 11.8. The van der Waals surface area contributed by atoms with Crippen molar-refractivity contribution in [2.75, 3.05) is 42.8 Å². The van der Waals surface area contributed by atoms with Crippen molar-refractivity contribution < 1.29 is 17.9 Å². The molecule has 1 amide bonds. The van der Waals surface area contributed by atoms with E-state index < -0.39 is 21.0 Å². The van der Waals surface area contributed by atoms with E-state index in [2.05, 4.69) is 15.2 Å². The van der Waals surface area contributed by atoms with Gasteiger partial charge in [0, 0.05) is 19.3 Å². The maximum Gasteiger partial charge on any atom is 0.242 e. The van der Waals surface area contributed by atoms with Crippen molar-refractivity contribution in [3.05, 3.63) is 18.3 Å². The van der Waals surface area contributed by atoms with Crippen LogP contribution in [0, 0.1) is 0 Å². The zero-order valence-corrected chi connectivity index (χ0v) is 12.9. The van der Waals surface area contributed by atoms with E-state index in [9.17, 15) is 13.2 Å². The average Bonchev–Trinajstić information content (AvgIpc) is 2.47. The summed E-state index contributed by atoms with van der Waals surface area (Å²) in [6.07, 6.45) is 2.56. The molecule has 1 aliphatic rings. The molecule has 1 aliphatic heterocycles. The molecule has 0 aromatic carbocycles. The average molecular weight is 313 g/mol. The number of morpholine rings is 1. The molecule has 21 heavy (non-hydrogen) atoms. The summed E-state index contributed by atoms with van der Waals surface area (Å²) in [5.74, 6) is 0.255. The highest BCUT2D eigenvalue weighted by molar-refractivity contribution is 7.92. The number of carbonyl (C=O) groups excluding carboxylic acids is 1. The van der Waals surface area contributed by atoms with E-state index >= 15 is 0 Å². The summed E-state index contributed by atoms with van der Waals surface area (Å²) in [6.45, 7) is 4.27. The second kappa shape index (κ2) is 6.40. The Kier molecular flexibility index (Phi) is 4.79. The Labute approximate surface area is 124 Å². The predicted molar refractivity (Wildman–Crippen MR) is 80.2 cm³/mol. The van der Waals surface area contributed by atoms with Gasteiger partial charge in [0.15, 0.2) is 9.84 Å². The fourth-order valence-electron chi connectivity index (χ4n) is 1.88. The molecule has 116 valence electrons. The van der Waals surface area contributed by atoms with Crippen LogP contribution in [0.5, 0.6) is 0 Å². The molecular weight excluding hydrogens is 294 g/mol. The highest BCUT2D eigenvalue weighted by atomic mass is 32.2. The molecule has 1 aromatic rings. The lowest BCUT2D eigenvalue weighted by Gasteiger charge is -2.27. The van der Waals surface area contributed by atoms with Gasteiger partial charge in [-0.05, 0) is 19.1 Å². The molecule has 0 saturated carbocycles. The quantitative estimate of drug-likeness (QED) is 0.859. The van der Waals surface area contributed by atoms with Crippen molar-refractivity contribution in [2.45, 2.75) is 12.2 Å². The van der Waals surface area contributed by atoms with E-state index in [-0.39, 0.29) is 0 Å². The molecule has 1 aromatic heterocycles. The first-order chi connectivity index (χ1) is 9.88. The Hall–Kier alpha value is -1.67. The molecule has 8 heteroatoms. The molecule has 1 unspecified atom stereocenters. The maximum absolute atomic E-state index is 11.8. The Morgan fingerprint density at radius 3 is 2.57 bits per heavy atom. The minimum Gasteiger partial charge on any atom is -0.378 e. The van der Waals surface area contributed by atoms with Crippen LogP contribution in [-0.2, 0) is 19.4 Å². The van der Waals surface area contributed by atoms with Gasteiger partial charge >= 0.3 is 0 Å². The van der Waals surface area contributed by atoms with Crippen molar-refractivity contribution in [3.8, 4) is 0 Å². The molecule has 2 rings (SSSR count). The predicted octanol–water partition coefficient (Wildman–Crippen LogP) is 0.290. The Bertz CT molecular complexity index is 594. The Balaban J connectivity index is 2.00. The van der Waals surface area contributed by atoms with Crippen LogP contribution in [0.1, 0.15) is 6.92 Å². The molecule has 0 bridgehead atoms. The molecule has 1 N–H and O–H groups in total. The molecule has 2 heterocycles. The minimum atomic E-state index is -3.40. The summed E-state index contributed by atoms with van der Waals surface area (Å²) in [5.41, 5.74) is 0.479. The van der Waals surface area contributed by atoms with Gasteiger partial charge in [-0.3, -0.25) is 4.79 Å². The van der Waals surface area contributed by atoms with Gasteiger partial charge in [-0.15, -0.1) is 0 Å². The first-order valence-corrected chi connectivity index (χ1v) is 8.62. The smallest absolute Gasteiger partial charge is 0.242 e. The van der Waals surface area contributed by atoms with Gasteiger partial charge in [0.05, 0.1) is 25.1 Å². The molecular formula is C13H19N3O4S. The third kappa shape index (κ3) is 4.15. The number of hydrogen-bond acceptors (Lipinski definition) is 6. The van der Waals surface area contributed by atoms with Crippen molar-refractivity contribution in [2.24, 2.45) is 0 Å². The Morgan fingerprint density at radius 2 is 2.05 bits per heavy atom. The van der Waals surface area contributed by atoms with Crippen molar-refractivity contribution >= 4 is 27.2 Å². The van der Waals surface area contributed by atoms with Crippen LogP contribution < -0.4 is 10.2 Å². The third-order valence-electron chi connectivity index (χ3n) is 3.36. The molecule has 0 spiro atoms. The zero-order chi connectivity index (χ0) is 15.5.